The highest BCUT2D eigenvalue weighted by Crippen LogP contribution is 2.62. The van der Waals surface area contributed by atoms with E-state index in [1.807, 2.05) is 6.08 Å². The third kappa shape index (κ3) is 5.07. The molecule has 0 N–H and O–H groups in total. The Balaban J connectivity index is 2.13. The van der Waals surface area contributed by atoms with Gasteiger partial charge in [-0.2, -0.15) is 0 Å². The molecule has 0 aliphatic heterocycles. The van der Waals surface area contributed by atoms with E-state index in [2.05, 4.69) is 33.8 Å². The van der Waals surface area contributed by atoms with E-state index in [1.54, 1.807) is 0 Å². The molecule has 4 atom stereocenters. The summed E-state index contributed by atoms with van der Waals surface area (Å²) in [5.74, 6) is 0.828. The number of hydrogen-bond acceptors (Lipinski definition) is 4. The maximum atomic E-state index is 11.3. The summed E-state index contributed by atoms with van der Waals surface area (Å²) in [4.78, 5) is 22.3. The minimum Gasteiger partial charge on any atom is -0.462 e. The van der Waals surface area contributed by atoms with Crippen molar-refractivity contribution in [2.45, 2.75) is 80.1 Å². The van der Waals surface area contributed by atoms with Crippen LogP contribution in [0.2, 0.25) is 0 Å². The summed E-state index contributed by atoms with van der Waals surface area (Å²) < 4.78 is 10.4. The van der Waals surface area contributed by atoms with Gasteiger partial charge in [0.15, 0.2) is 0 Å². The van der Waals surface area contributed by atoms with Gasteiger partial charge in [-0.05, 0) is 79.8 Å². The first-order valence-electron chi connectivity index (χ1n) is 10.7. The highest BCUT2D eigenvalue weighted by Gasteiger charge is 2.53. The molecule has 0 saturated heterocycles. The van der Waals surface area contributed by atoms with E-state index in [4.69, 9.17) is 9.47 Å². The largest absolute Gasteiger partial charge is 0.462 e. The van der Waals surface area contributed by atoms with Gasteiger partial charge in [-0.1, -0.05) is 32.4 Å². The molecule has 2 aliphatic carbocycles. The maximum absolute atomic E-state index is 11.3. The van der Waals surface area contributed by atoms with Gasteiger partial charge < -0.3 is 9.47 Å². The van der Waals surface area contributed by atoms with Crippen molar-refractivity contribution in [2.75, 3.05) is 13.2 Å². The van der Waals surface area contributed by atoms with Crippen LogP contribution in [0.3, 0.4) is 0 Å². The molecule has 0 aromatic heterocycles. The van der Waals surface area contributed by atoms with Crippen molar-refractivity contribution in [3.63, 3.8) is 0 Å². The van der Waals surface area contributed by atoms with Crippen LogP contribution in [0.25, 0.3) is 0 Å². The van der Waals surface area contributed by atoms with Gasteiger partial charge in [0, 0.05) is 13.8 Å². The number of carbonyl (C=O) groups is 2. The van der Waals surface area contributed by atoms with E-state index < -0.39 is 0 Å². The molecule has 0 aromatic carbocycles. The summed E-state index contributed by atoms with van der Waals surface area (Å²) in [5, 5.41) is 0. The lowest BCUT2D eigenvalue weighted by Gasteiger charge is -2.58. The zero-order chi connectivity index (χ0) is 20.9. The number of hydrogen-bond donors (Lipinski definition) is 0. The predicted octanol–water partition coefficient (Wildman–Crippen LogP) is 5.62. The van der Waals surface area contributed by atoms with Crippen LogP contribution in [0.15, 0.2) is 23.3 Å². The fraction of sp³-hybridized carbons (Fsp3) is 0.750. The van der Waals surface area contributed by atoms with Gasteiger partial charge in [0.25, 0.3) is 0 Å². The zero-order valence-corrected chi connectivity index (χ0v) is 18.6. The summed E-state index contributed by atoms with van der Waals surface area (Å²) in [6, 6.07) is 0. The summed E-state index contributed by atoms with van der Waals surface area (Å²) in [7, 11) is 0. The van der Waals surface area contributed by atoms with Gasteiger partial charge in [-0.15, -0.1) is 0 Å². The molecular weight excluding hydrogens is 352 g/mol. The first-order chi connectivity index (χ1) is 13.1. The molecule has 0 amide bonds. The van der Waals surface area contributed by atoms with Gasteiger partial charge in [0.05, 0.1) is 0 Å². The Morgan fingerprint density at radius 3 is 2.46 bits per heavy atom. The van der Waals surface area contributed by atoms with Gasteiger partial charge in [-0.3, -0.25) is 9.59 Å². The van der Waals surface area contributed by atoms with Gasteiger partial charge >= 0.3 is 11.9 Å². The second kappa shape index (κ2) is 9.28. The Morgan fingerprint density at radius 1 is 1.14 bits per heavy atom. The molecule has 1 fully saturated rings. The smallest absolute Gasteiger partial charge is 0.302 e. The van der Waals surface area contributed by atoms with E-state index >= 15 is 0 Å². The summed E-state index contributed by atoms with van der Waals surface area (Å²) in [6.07, 6.45) is 11.2. The number of rotatable bonds is 7. The number of esters is 2. The second-order valence-corrected chi connectivity index (χ2v) is 9.36. The number of allylic oxidation sites excluding steroid dienone is 2. The SMILES string of the molecule is CC(=O)OCC=C(C)CCC1(C)C(C)CCC2(C)C(COC(C)=O)=CCCC21. The van der Waals surface area contributed by atoms with Gasteiger partial charge in [0.1, 0.15) is 13.2 Å². The van der Waals surface area contributed by atoms with Gasteiger partial charge in [0.2, 0.25) is 0 Å². The van der Waals surface area contributed by atoms with Crippen LogP contribution in [0.5, 0.6) is 0 Å². The van der Waals surface area contributed by atoms with E-state index in [0.717, 1.165) is 19.3 Å². The van der Waals surface area contributed by atoms with Crippen LogP contribution in [0, 0.1) is 22.7 Å². The topological polar surface area (TPSA) is 52.6 Å². The van der Waals surface area contributed by atoms with Crippen molar-refractivity contribution in [2.24, 2.45) is 22.7 Å². The lowest BCUT2D eigenvalue weighted by Crippen LogP contribution is -2.50. The molecule has 0 bridgehead atoms. The van der Waals surface area contributed by atoms with Crippen LogP contribution in [-0.2, 0) is 19.1 Å². The molecule has 0 spiro atoms. The molecule has 2 rings (SSSR count). The number of fused-ring (bicyclic) bond motifs is 1. The minimum absolute atomic E-state index is 0.115. The number of ether oxygens (including phenoxy) is 2. The molecule has 28 heavy (non-hydrogen) atoms. The molecule has 0 radical (unpaired) electrons. The zero-order valence-electron chi connectivity index (χ0n) is 18.6. The molecular formula is C24H38O4. The Bertz CT molecular complexity index is 647. The highest BCUT2D eigenvalue weighted by molar-refractivity contribution is 5.66. The average Bonchev–Trinajstić information content (AvgIpc) is 2.62. The van der Waals surface area contributed by atoms with E-state index in [9.17, 15) is 9.59 Å². The second-order valence-electron chi connectivity index (χ2n) is 9.36. The van der Waals surface area contributed by atoms with Gasteiger partial charge in [-0.25, -0.2) is 0 Å². The quantitative estimate of drug-likeness (QED) is 0.418. The van der Waals surface area contributed by atoms with Crippen molar-refractivity contribution in [3.8, 4) is 0 Å². The Kier molecular flexibility index (Phi) is 7.52. The molecule has 1 saturated carbocycles. The van der Waals surface area contributed by atoms with Crippen LogP contribution >= 0.6 is 0 Å². The lowest BCUT2D eigenvalue weighted by molar-refractivity contribution is -0.141. The molecule has 4 nitrogen and oxygen atoms in total. The van der Waals surface area contributed by atoms with Crippen molar-refractivity contribution in [1.29, 1.82) is 0 Å². The molecule has 4 unspecified atom stereocenters. The van der Waals surface area contributed by atoms with E-state index in [-0.39, 0.29) is 22.8 Å². The first kappa shape index (κ1) is 22.7. The predicted molar refractivity (Wildman–Crippen MR) is 112 cm³/mol. The van der Waals surface area contributed by atoms with Crippen LogP contribution in [0.4, 0.5) is 0 Å². The van der Waals surface area contributed by atoms with E-state index in [0.29, 0.717) is 25.0 Å². The molecule has 0 heterocycles. The monoisotopic (exact) mass is 390 g/mol. The Morgan fingerprint density at radius 2 is 1.82 bits per heavy atom. The fourth-order valence-electron chi connectivity index (χ4n) is 5.48. The standard InChI is InChI=1S/C24H38O4/c1-17(12-15-27-19(3)25)10-13-23(5)18(2)11-14-24(6)21(16-28-20(4)26)8-7-9-22(23)24/h8,12,18,22H,7,9-11,13-16H2,1-6H3. The minimum atomic E-state index is -0.234. The van der Waals surface area contributed by atoms with E-state index in [1.165, 1.54) is 44.3 Å². The van der Waals surface area contributed by atoms with Crippen molar-refractivity contribution in [1.82, 2.24) is 0 Å². The van der Waals surface area contributed by atoms with Crippen molar-refractivity contribution < 1.29 is 19.1 Å². The Hall–Kier alpha value is -1.58. The normalized spacial score (nSPS) is 32.9. The average molecular weight is 391 g/mol. The highest BCUT2D eigenvalue weighted by atomic mass is 16.5. The lowest BCUT2D eigenvalue weighted by atomic mass is 9.47. The molecule has 4 heteroatoms. The van der Waals surface area contributed by atoms with Crippen LogP contribution in [-0.4, -0.2) is 25.2 Å². The Labute approximate surface area is 170 Å². The third-order valence-corrected chi connectivity index (χ3v) is 7.57. The molecule has 2 aliphatic rings. The van der Waals surface area contributed by atoms with Crippen molar-refractivity contribution >= 4 is 11.9 Å². The maximum Gasteiger partial charge on any atom is 0.302 e. The summed E-state index contributed by atoms with van der Waals surface area (Å²) >= 11 is 0. The molecule has 0 aromatic rings. The summed E-state index contributed by atoms with van der Waals surface area (Å²) in [5.41, 5.74) is 2.97. The third-order valence-electron chi connectivity index (χ3n) is 7.57. The van der Waals surface area contributed by atoms with Crippen LogP contribution in [0.1, 0.15) is 80.1 Å². The van der Waals surface area contributed by atoms with Crippen LogP contribution < -0.4 is 0 Å². The fourth-order valence-corrected chi connectivity index (χ4v) is 5.48. The summed E-state index contributed by atoms with van der Waals surface area (Å²) in [6.45, 7) is 13.1. The first-order valence-corrected chi connectivity index (χ1v) is 10.7. The number of carbonyl (C=O) groups excluding carboxylic acids is 2. The van der Waals surface area contributed by atoms with Crippen molar-refractivity contribution in [3.05, 3.63) is 23.3 Å². The molecule has 158 valence electrons.